The van der Waals surface area contributed by atoms with Crippen molar-refractivity contribution in [3.63, 3.8) is 0 Å². The molecule has 1 unspecified atom stereocenters. The molecule has 0 spiro atoms. The van der Waals surface area contributed by atoms with Crippen molar-refractivity contribution < 1.29 is 9.59 Å². The largest absolute Gasteiger partial charge is 0.309 e. The normalized spacial score (nSPS) is 19.3. The van der Waals surface area contributed by atoms with Crippen LogP contribution in [0.15, 0.2) is 23.2 Å². The lowest BCUT2D eigenvalue weighted by molar-refractivity contribution is -0.117. The van der Waals surface area contributed by atoms with E-state index in [1.807, 2.05) is 0 Å². The molecule has 4 nitrogen and oxygen atoms in total. The third-order valence-corrected chi connectivity index (χ3v) is 3.08. The van der Waals surface area contributed by atoms with E-state index in [0.29, 0.717) is 22.3 Å². The summed E-state index contributed by atoms with van der Waals surface area (Å²) in [6.45, 7) is 0.343. The van der Waals surface area contributed by atoms with Gasteiger partial charge in [0.25, 0.3) is 0 Å². The number of carbonyl (C=O) groups excluding carboxylic acids is 2. The first-order valence-corrected chi connectivity index (χ1v) is 5.70. The number of nitrogens with zero attached hydrogens (tertiary/aromatic N) is 2. The molecule has 88 valence electrons. The number of anilines is 1. The van der Waals surface area contributed by atoms with Gasteiger partial charge >= 0.3 is 0 Å². The lowest BCUT2D eigenvalue weighted by Gasteiger charge is -2.17. The predicted molar refractivity (Wildman–Crippen MR) is 65.3 cm³/mol. The maximum Gasteiger partial charge on any atom is 0.235 e. The molecule has 0 N–H and O–H groups in total. The third kappa shape index (κ3) is 2.50. The van der Waals surface area contributed by atoms with Crippen molar-refractivity contribution in [3.8, 4) is 0 Å². The fourth-order valence-corrected chi connectivity index (χ4v) is 2.29. The summed E-state index contributed by atoms with van der Waals surface area (Å²) >= 11 is 11.8. The SMILES string of the molecule is O=C=NC1CC(=O)N(c2ccc(Cl)cc2Cl)C1. The summed E-state index contributed by atoms with van der Waals surface area (Å²) in [5, 5.41) is 0.912. The Balaban J connectivity index is 2.28. The average molecular weight is 271 g/mol. The summed E-state index contributed by atoms with van der Waals surface area (Å²) < 4.78 is 0. The van der Waals surface area contributed by atoms with Gasteiger partial charge in [0, 0.05) is 11.6 Å². The van der Waals surface area contributed by atoms with Crippen LogP contribution < -0.4 is 4.90 Å². The molecule has 1 aliphatic heterocycles. The number of amides is 1. The topological polar surface area (TPSA) is 49.7 Å². The predicted octanol–water partition coefficient (Wildman–Crippen LogP) is 2.43. The molecular weight excluding hydrogens is 263 g/mol. The molecule has 1 aromatic carbocycles. The Hall–Kier alpha value is -1.35. The standard InChI is InChI=1S/C11H8Cl2N2O2/c12-7-1-2-10(9(13)3-7)15-5-8(14-6-16)4-11(15)17/h1-3,8H,4-5H2. The molecule has 1 fully saturated rings. The Labute approximate surface area is 108 Å². The number of hydrogen-bond acceptors (Lipinski definition) is 3. The molecule has 2 rings (SSSR count). The molecule has 0 saturated carbocycles. The van der Waals surface area contributed by atoms with E-state index in [-0.39, 0.29) is 18.4 Å². The number of benzene rings is 1. The molecule has 1 amide bonds. The van der Waals surface area contributed by atoms with E-state index in [9.17, 15) is 9.59 Å². The van der Waals surface area contributed by atoms with Crippen LogP contribution in [0.5, 0.6) is 0 Å². The van der Waals surface area contributed by atoms with Crippen LogP contribution in [0.4, 0.5) is 5.69 Å². The second-order valence-corrected chi connectivity index (χ2v) is 4.52. The number of aliphatic imine (C=N–C) groups is 1. The lowest BCUT2D eigenvalue weighted by atomic mass is 10.3. The quantitative estimate of drug-likeness (QED) is 0.612. The van der Waals surface area contributed by atoms with Crippen molar-refractivity contribution in [3.05, 3.63) is 28.2 Å². The fraction of sp³-hybridized carbons (Fsp3) is 0.273. The van der Waals surface area contributed by atoms with Crippen LogP contribution in [0, 0.1) is 0 Å². The zero-order valence-corrected chi connectivity index (χ0v) is 10.2. The lowest BCUT2D eigenvalue weighted by Crippen LogP contribution is -2.25. The van der Waals surface area contributed by atoms with Gasteiger partial charge in [-0.2, -0.15) is 0 Å². The number of halogens is 2. The molecule has 17 heavy (non-hydrogen) atoms. The first-order chi connectivity index (χ1) is 8.11. The van der Waals surface area contributed by atoms with Crippen molar-refractivity contribution in [2.45, 2.75) is 12.5 Å². The van der Waals surface area contributed by atoms with E-state index in [2.05, 4.69) is 4.99 Å². The van der Waals surface area contributed by atoms with Crippen LogP contribution in [0.3, 0.4) is 0 Å². The summed E-state index contributed by atoms with van der Waals surface area (Å²) in [4.78, 5) is 27.0. The van der Waals surface area contributed by atoms with Gasteiger partial charge in [-0.1, -0.05) is 23.2 Å². The van der Waals surface area contributed by atoms with Crippen LogP contribution in [0.1, 0.15) is 6.42 Å². The molecule has 0 aliphatic carbocycles. The Morgan fingerprint density at radius 2 is 2.18 bits per heavy atom. The van der Waals surface area contributed by atoms with Gasteiger partial charge in [-0.05, 0) is 18.2 Å². The Morgan fingerprint density at radius 3 is 2.82 bits per heavy atom. The van der Waals surface area contributed by atoms with Crippen molar-refractivity contribution >= 4 is 40.9 Å². The monoisotopic (exact) mass is 270 g/mol. The molecule has 0 radical (unpaired) electrons. The number of rotatable bonds is 2. The van der Waals surface area contributed by atoms with Crippen LogP contribution in [-0.4, -0.2) is 24.6 Å². The summed E-state index contributed by atoms with van der Waals surface area (Å²) in [7, 11) is 0. The first-order valence-electron chi connectivity index (χ1n) is 4.94. The zero-order valence-electron chi connectivity index (χ0n) is 8.69. The van der Waals surface area contributed by atoms with Gasteiger partial charge in [0.15, 0.2) is 0 Å². The molecule has 1 aromatic rings. The van der Waals surface area contributed by atoms with Crippen LogP contribution in [0.25, 0.3) is 0 Å². The maximum atomic E-state index is 11.7. The molecule has 1 heterocycles. The molecular formula is C11H8Cl2N2O2. The highest BCUT2D eigenvalue weighted by Gasteiger charge is 2.31. The second-order valence-electron chi connectivity index (χ2n) is 3.68. The van der Waals surface area contributed by atoms with Crippen molar-refractivity contribution in [1.29, 1.82) is 0 Å². The molecule has 1 saturated heterocycles. The summed E-state index contributed by atoms with van der Waals surface area (Å²) in [5.74, 6) is -0.113. The van der Waals surface area contributed by atoms with Crippen molar-refractivity contribution in [1.82, 2.24) is 0 Å². The van der Waals surface area contributed by atoms with E-state index in [4.69, 9.17) is 23.2 Å². The maximum absolute atomic E-state index is 11.7. The minimum Gasteiger partial charge on any atom is -0.309 e. The highest BCUT2D eigenvalue weighted by atomic mass is 35.5. The zero-order chi connectivity index (χ0) is 12.4. The van der Waals surface area contributed by atoms with Gasteiger partial charge in [0.1, 0.15) is 0 Å². The molecule has 6 heteroatoms. The number of carbonyl (C=O) groups is 1. The summed E-state index contributed by atoms with van der Waals surface area (Å²) in [6, 6.07) is 4.57. The third-order valence-electron chi connectivity index (χ3n) is 2.54. The Kier molecular flexibility index (Phi) is 3.48. The van der Waals surface area contributed by atoms with Crippen LogP contribution >= 0.6 is 23.2 Å². The van der Waals surface area contributed by atoms with E-state index < -0.39 is 0 Å². The van der Waals surface area contributed by atoms with E-state index in [0.717, 1.165) is 0 Å². The van der Waals surface area contributed by atoms with Gasteiger partial charge in [-0.25, -0.2) is 9.79 Å². The van der Waals surface area contributed by atoms with Gasteiger partial charge in [-0.15, -0.1) is 0 Å². The van der Waals surface area contributed by atoms with Gasteiger partial charge < -0.3 is 4.90 Å². The van der Waals surface area contributed by atoms with Crippen LogP contribution in [-0.2, 0) is 9.59 Å². The molecule has 1 atom stereocenters. The molecule has 0 bridgehead atoms. The van der Waals surface area contributed by atoms with E-state index in [1.54, 1.807) is 18.2 Å². The average Bonchev–Trinajstić information content (AvgIpc) is 2.60. The minimum absolute atomic E-state index is 0.113. The van der Waals surface area contributed by atoms with Crippen molar-refractivity contribution in [2.24, 2.45) is 4.99 Å². The van der Waals surface area contributed by atoms with Crippen molar-refractivity contribution in [2.75, 3.05) is 11.4 Å². The highest BCUT2D eigenvalue weighted by molar-refractivity contribution is 6.36. The number of isocyanates is 1. The van der Waals surface area contributed by atoms with Gasteiger partial charge in [0.05, 0.1) is 23.2 Å². The summed E-state index contributed by atoms with van der Waals surface area (Å²) in [5.41, 5.74) is 0.588. The minimum atomic E-state index is -0.341. The Bertz CT molecular complexity index is 512. The van der Waals surface area contributed by atoms with E-state index in [1.165, 1.54) is 11.0 Å². The first kappa shape index (κ1) is 12.1. The fourth-order valence-electron chi connectivity index (χ4n) is 1.78. The summed E-state index contributed by atoms with van der Waals surface area (Å²) in [6.07, 6.45) is 1.67. The molecule has 0 aromatic heterocycles. The smallest absolute Gasteiger partial charge is 0.235 e. The van der Waals surface area contributed by atoms with Crippen LogP contribution in [0.2, 0.25) is 10.0 Å². The molecule has 1 aliphatic rings. The van der Waals surface area contributed by atoms with Gasteiger partial charge in [-0.3, -0.25) is 4.79 Å². The number of hydrogen-bond donors (Lipinski definition) is 0. The second kappa shape index (κ2) is 4.88. The Morgan fingerprint density at radius 1 is 1.41 bits per heavy atom. The van der Waals surface area contributed by atoms with E-state index >= 15 is 0 Å². The highest BCUT2D eigenvalue weighted by Crippen LogP contribution is 2.32. The van der Waals surface area contributed by atoms with Gasteiger partial charge in [0.2, 0.25) is 12.0 Å².